The van der Waals surface area contributed by atoms with Crippen molar-refractivity contribution in [1.29, 1.82) is 0 Å². The van der Waals surface area contributed by atoms with E-state index in [9.17, 15) is 8.42 Å². The third-order valence-electron chi connectivity index (χ3n) is 4.31. The summed E-state index contributed by atoms with van der Waals surface area (Å²) >= 11 is 1.77. The Kier molecular flexibility index (Phi) is 6.99. The van der Waals surface area contributed by atoms with E-state index in [0.717, 1.165) is 38.9 Å². The molecule has 0 amide bonds. The lowest BCUT2D eigenvalue weighted by Crippen LogP contribution is -2.32. The first-order valence-electron chi connectivity index (χ1n) is 7.79. The van der Waals surface area contributed by atoms with Gasteiger partial charge in [-0.2, -0.15) is 11.8 Å². The molecule has 126 valence electrons. The molecular weight excluding hydrogens is 320 g/mol. The molecule has 2 aliphatic rings. The second-order valence-electron chi connectivity index (χ2n) is 6.03. The van der Waals surface area contributed by atoms with Crippen molar-refractivity contribution in [2.75, 3.05) is 25.7 Å². The number of hydrogen-bond donors (Lipinski definition) is 0. The summed E-state index contributed by atoms with van der Waals surface area (Å²) in [6.45, 7) is 1.46. The third kappa shape index (κ3) is 5.72. The molecule has 1 aliphatic heterocycles. The van der Waals surface area contributed by atoms with Crippen LogP contribution in [0.4, 0.5) is 0 Å². The second-order valence-corrected chi connectivity index (χ2v) is 9.49. The fraction of sp³-hybridized carbons (Fsp3) is 0.750. The molecule has 2 fully saturated rings. The van der Waals surface area contributed by atoms with Crippen LogP contribution in [0.5, 0.6) is 0 Å². The lowest BCUT2D eigenvalue weighted by molar-refractivity contribution is -0.146. The van der Waals surface area contributed by atoms with Crippen molar-refractivity contribution in [1.82, 2.24) is 0 Å². The fourth-order valence-corrected chi connectivity index (χ4v) is 4.39. The molecule has 22 heavy (non-hydrogen) atoms. The van der Waals surface area contributed by atoms with E-state index >= 15 is 0 Å². The number of rotatable bonds is 5. The monoisotopic (exact) mass is 346 g/mol. The van der Waals surface area contributed by atoms with Gasteiger partial charge in [0, 0.05) is 6.26 Å². The van der Waals surface area contributed by atoms with Gasteiger partial charge >= 0.3 is 0 Å². The normalized spacial score (nSPS) is 34.5. The minimum absolute atomic E-state index is 0.138. The lowest BCUT2D eigenvalue weighted by Gasteiger charge is -2.26. The van der Waals surface area contributed by atoms with Crippen LogP contribution < -0.4 is 0 Å². The third-order valence-corrected chi connectivity index (χ3v) is 6.93. The average Bonchev–Trinajstić information content (AvgIpc) is 2.52. The topological polar surface area (TPSA) is 52.6 Å². The largest absolute Gasteiger partial charge is 0.348 e. The smallest absolute Gasteiger partial charge is 0.177 e. The summed E-state index contributed by atoms with van der Waals surface area (Å²) in [5, 5.41) is 0.298. The Hall–Kier alpha value is -0.300. The predicted octanol–water partition coefficient (Wildman–Crippen LogP) is 2.81. The highest BCUT2D eigenvalue weighted by Crippen LogP contribution is 2.29. The predicted molar refractivity (Wildman–Crippen MR) is 91.9 cm³/mol. The molecule has 1 aliphatic carbocycles. The Morgan fingerprint density at radius 1 is 1.00 bits per heavy atom. The summed E-state index contributed by atoms with van der Waals surface area (Å²) < 4.78 is 34.2. The minimum Gasteiger partial charge on any atom is -0.348 e. The van der Waals surface area contributed by atoms with Crippen molar-refractivity contribution >= 4 is 21.6 Å². The average molecular weight is 347 g/mol. The number of hydrogen-bond acceptors (Lipinski definition) is 5. The van der Waals surface area contributed by atoms with Crippen LogP contribution in [-0.2, 0) is 19.3 Å². The van der Waals surface area contributed by atoms with E-state index in [0.29, 0.717) is 11.2 Å². The summed E-state index contributed by atoms with van der Waals surface area (Å²) in [6.07, 6.45) is 14.7. The van der Waals surface area contributed by atoms with E-state index in [1.807, 2.05) is 18.2 Å². The molecule has 1 saturated carbocycles. The molecule has 0 aromatic carbocycles. The number of allylic oxidation sites excluding steroid dienone is 3. The number of thioether (sulfide) groups is 1. The molecule has 0 atom stereocenters. The molecule has 0 unspecified atom stereocenters. The van der Waals surface area contributed by atoms with Gasteiger partial charge in [-0.1, -0.05) is 18.2 Å². The fourth-order valence-electron chi connectivity index (χ4n) is 2.83. The highest BCUT2D eigenvalue weighted by atomic mass is 32.2. The van der Waals surface area contributed by atoms with Gasteiger partial charge in [0.1, 0.15) is 9.84 Å². The Morgan fingerprint density at radius 3 is 2.14 bits per heavy atom. The Morgan fingerprint density at radius 2 is 1.59 bits per heavy atom. The van der Waals surface area contributed by atoms with E-state index in [-0.39, 0.29) is 11.5 Å². The lowest BCUT2D eigenvalue weighted by atomic mass is 9.88. The Balaban J connectivity index is 1.69. The van der Waals surface area contributed by atoms with Crippen molar-refractivity contribution in [3.63, 3.8) is 0 Å². The van der Waals surface area contributed by atoms with Crippen molar-refractivity contribution < 1.29 is 17.9 Å². The van der Waals surface area contributed by atoms with E-state index in [2.05, 4.69) is 12.3 Å². The Labute approximate surface area is 138 Å². The molecule has 0 bridgehead atoms. The molecule has 1 saturated heterocycles. The first kappa shape index (κ1) is 18.0. The standard InChI is InChI=1S/C16H26O4S2/c1-21-14-11-19-16(20-12-14)6-4-3-5-13-7-9-15(10-8-13)22(2,17)18/h3-6,13-16H,7-12H2,1-2H3/b5-3+,6-4+. The Bertz CT molecular complexity index is 482. The van der Waals surface area contributed by atoms with Gasteiger partial charge in [0.2, 0.25) is 0 Å². The molecule has 2 rings (SSSR count). The van der Waals surface area contributed by atoms with E-state index in [1.54, 1.807) is 11.8 Å². The van der Waals surface area contributed by atoms with Crippen LogP contribution in [0.3, 0.4) is 0 Å². The summed E-state index contributed by atoms with van der Waals surface area (Å²) in [6, 6.07) is 0. The summed E-state index contributed by atoms with van der Waals surface area (Å²) in [4.78, 5) is 0. The SMILES string of the molecule is CSC1COC(/C=C/C=C/C2CCC(S(C)(=O)=O)CC2)OC1. The minimum atomic E-state index is -2.87. The zero-order valence-corrected chi connectivity index (χ0v) is 14.9. The van der Waals surface area contributed by atoms with Crippen LogP contribution in [0.1, 0.15) is 25.7 Å². The summed E-state index contributed by atoms with van der Waals surface area (Å²) in [7, 11) is -2.87. The molecule has 0 radical (unpaired) electrons. The molecule has 0 spiro atoms. The van der Waals surface area contributed by atoms with Gasteiger partial charge < -0.3 is 9.47 Å². The van der Waals surface area contributed by atoms with E-state index in [1.165, 1.54) is 6.26 Å². The maximum absolute atomic E-state index is 11.5. The quantitative estimate of drug-likeness (QED) is 0.717. The molecule has 4 nitrogen and oxygen atoms in total. The van der Waals surface area contributed by atoms with Crippen LogP contribution in [-0.4, -0.2) is 50.9 Å². The highest BCUT2D eigenvalue weighted by Gasteiger charge is 2.26. The molecule has 0 aromatic heterocycles. The van der Waals surface area contributed by atoms with Gasteiger partial charge in [-0.25, -0.2) is 8.42 Å². The van der Waals surface area contributed by atoms with Crippen LogP contribution in [0.25, 0.3) is 0 Å². The molecule has 6 heteroatoms. The highest BCUT2D eigenvalue weighted by molar-refractivity contribution is 7.99. The molecule has 1 heterocycles. The number of ether oxygens (including phenoxy) is 2. The van der Waals surface area contributed by atoms with Gasteiger partial charge in [-0.3, -0.25) is 0 Å². The van der Waals surface area contributed by atoms with Crippen molar-refractivity contribution in [2.45, 2.75) is 42.5 Å². The van der Waals surface area contributed by atoms with Gasteiger partial charge in [-0.15, -0.1) is 0 Å². The molecular formula is C16H26O4S2. The zero-order valence-electron chi connectivity index (χ0n) is 13.3. The maximum atomic E-state index is 11.5. The van der Waals surface area contributed by atoms with Gasteiger partial charge in [0.15, 0.2) is 6.29 Å². The molecule has 0 N–H and O–H groups in total. The van der Waals surface area contributed by atoms with Gasteiger partial charge in [0.05, 0.1) is 23.7 Å². The van der Waals surface area contributed by atoms with E-state index in [4.69, 9.17) is 9.47 Å². The first-order valence-corrected chi connectivity index (χ1v) is 11.0. The van der Waals surface area contributed by atoms with Crippen LogP contribution in [0.2, 0.25) is 0 Å². The zero-order chi connectivity index (χ0) is 16.0. The number of sulfone groups is 1. The van der Waals surface area contributed by atoms with Crippen LogP contribution >= 0.6 is 11.8 Å². The van der Waals surface area contributed by atoms with Gasteiger partial charge in [-0.05, 0) is 43.9 Å². The van der Waals surface area contributed by atoms with Crippen molar-refractivity contribution in [2.24, 2.45) is 5.92 Å². The summed E-state index contributed by atoms with van der Waals surface area (Å²) in [5.74, 6) is 0.483. The van der Waals surface area contributed by atoms with Crippen LogP contribution in [0.15, 0.2) is 24.3 Å². The van der Waals surface area contributed by atoms with Crippen molar-refractivity contribution in [3.05, 3.63) is 24.3 Å². The maximum Gasteiger partial charge on any atom is 0.177 e. The molecule has 0 aromatic rings. The van der Waals surface area contributed by atoms with Gasteiger partial charge in [0.25, 0.3) is 0 Å². The summed E-state index contributed by atoms with van der Waals surface area (Å²) in [5.41, 5.74) is 0. The first-order chi connectivity index (χ1) is 10.5. The second kappa shape index (κ2) is 8.52. The van der Waals surface area contributed by atoms with Crippen LogP contribution in [0, 0.1) is 5.92 Å². The van der Waals surface area contributed by atoms with Crippen molar-refractivity contribution in [3.8, 4) is 0 Å². The van der Waals surface area contributed by atoms with E-state index < -0.39 is 9.84 Å².